The molecule has 2 saturated carbocycles. The zero-order chi connectivity index (χ0) is 21.1. The molecule has 1 aromatic rings. The van der Waals surface area contributed by atoms with Gasteiger partial charge in [-0.15, -0.1) is 0 Å². The summed E-state index contributed by atoms with van der Waals surface area (Å²) in [5.41, 5.74) is 10.7. The lowest BCUT2D eigenvalue weighted by molar-refractivity contribution is -0.0119. The summed E-state index contributed by atoms with van der Waals surface area (Å²) in [6.45, 7) is 21.6. The van der Waals surface area contributed by atoms with E-state index in [0.29, 0.717) is 5.41 Å². The predicted octanol–water partition coefficient (Wildman–Crippen LogP) is 7.19. The highest BCUT2D eigenvalue weighted by atomic mass is 14.7. The molecule has 3 rings (SSSR count). The van der Waals surface area contributed by atoms with Crippen molar-refractivity contribution in [1.82, 2.24) is 0 Å². The largest absolute Gasteiger partial charge is 0.327 e. The molecule has 2 aliphatic carbocycles. The third-order valence-corrected chi connectivity index (χ3v) is 8.16. The number of nitrogens with two attached hydrogens (primary N) is 1. The van der Waals surface area contributed by atoms with Gasteiger partial charge in [-0.3, -0.25) is 0 Å². The highest BCUT2D eigenvalue weighted by Gasteiger charge is 2.60. The fourth-order valence-corrected chi connectivity index (χ4v) is 6.98. The molecule has 0 amide bonds. The second kappa shape index (κ2) is 7.15. The van der Waals surface area contributed by atoms with Crippen LogP contribution in [0, 0.1) is 46.8 Å². The van der Waals surface area contributed by atoms with Crippen LogP contribution in [-0.4, -0.2) is 6.04 Å². The summed E-state index contributed by atoms with van der Waals surface area (Å²) in [6, 6.07) is 9.65. The van der Waals surface area contributed by atoms with Crippen molar-refractivity contribution < 1.29 is 0 Å². The average molecular weight is 384 g/mol. The molecule has 0 aromatic heterocycles. The maximum absolute atomic E-state index is 6.92. The Kier molecular flexibility index (Phi) is 5.59. The van der Waals surface area contributed by atoms with Gasteiger partial charge in [0.2, 0.25) is 0 Å². The molecule has 2 bridgehead atoms. The number of benzene rings is 1. The molecule has 0 heterocycles. The molecule has 2 N–H and O–H groups in total. The van der Waals surface area contributed by atoms with Gasteiger partial charge in [0, 0.05) is 6.04 Å². The van der Waals surface area contributed by atoms with Gasteiger partial charge in [0.15, 0.2) is 0 Å². The van der Waals surface area contributed by atoms with E-state index in [2.05, 4.69) is 86.6 Å². The van der Waals surface area contributed by atoms with Crippen molar-refractivity contribution >= 4 is 0 Å². The first-order valence-electron chi connectivity index (χ1n) is 11.5. The molecule has 1 nitrogen and oxygen atoms in total. The summed E-state index contributed by atoms with van der Waals surface area (Å²) in [5, 5.41) is 0. The van der Waals surface area contributed by atoms with Gasteiger partial charge in [0.05, 0.1) is 0 Å². The quantitative estimate of drug-likeness (QED) is 0.585. The molecular formula is C27H45N. The van der Waals surface area contributed by atoms with Crippen molar-refractivity contribution in [1.29, 1.82) is 0 Å². The Hall–Kier alpha value is -0.820. The summed E-state index contributed by atoms with van der Waals surface area (Å²) in [6.07, 6.45) is 3.86. The van der Waals surface area contributed by atoms with Crippen LogP contribution < -0.4 is 5.73 Å². The SMILES string of the molecule is Cc1ccc(C2CC3CC2C(C(C)(C)C)C3C(C)(C)C(N)CC(C)(C)C)cc1. The normalized spacial score (nSPS) is 32.0. The minimum absolute atomic E-state index is 0.183. The Morgan fingerprint density at radius 1 is 0.893 bits per heavy atom. The van der Waals surface area contributed by atoms with Crippen LogP contribution in [0.2, 0.25) is 0 Å². The van der Waals surface area contributed by atoms with Crippen molar-refractivity contribution in [2.45, 2.75) is 93.5 Å². The molecule has 6 atom stereocenters. The maximum atomic E-state index is 6.92. The molecule has 28 heavy (non-hydrogen) atoms. The molecule has 0 aliphatic heterocycles. The molecule has 158 valence electrons. The van der Waals surface area contributed by atoms with Crippen molar-refractivity contribution in [3.63, 3.8) is 0 Å². The first-order valence-corrected chi connectivity index (χ1v) is 11.5. The summed E-state index contributed by atoms with van der Waals surface area (Å²) >= 11 is 0. The second-order valence-corrected chi connectivity index (χ2v) is 13.0. The minimum atomic E-state index is 0.183. The van der Waals surface area contributed by atoms with Crippen molar-refractivity contribution in [3.8, 4) is 0 Å². The van der Waals surface area contributed by atoms with Gasteiger partial charge >= 0.3 is 0 Å². The van der Waals surface area contributed by atoms with E-state index < -0.39 is 0 Å². The summed E-state index contributed by atoms with van der Waals surface area (Å²) < 4.78 is 0. The summed E-state index contributed by atoms with van der Waals surface area (Å²) in [7, 11) is 0. The topological polar surface area (TPSA) is 26.0 Å². The van der Waals surface area contributed by atoms with Gasteiger partial charge in [-0.2, -0.15) is 0 Å². The van der Waals surface area contributed by atoms with Crippen molar-refractivity contribution in [2.75, 3.05) is 0 Å². The van der Waals surface area contributed by atoms with E-state index in [1.54, 1.807) is 5.56 Å². The van der Waals surface area contributed by atoms with Gasteiger partial charge in [-0.1, -0.05) is 85.2 Å². The summed E-state index contributed by atoms with van der Waals surface area (Å²) in [4.78, 5) is 0. The zero-order valence-corrected chi connectivity index (χ0v) is 20.0. The molecule has 0 saturated heterocycles. The van der Waals surface area contributed by atoms with E-state index in [-0.39, 0.29) is 16.9 Å². The molecule has 2 fully saturated rings. The van der Waals surface area contributed by atoms with Crippen LogP contribution in [-0.2, 0) is 0 Å². The van der Waals surface area contributed by atoms with E-state index in [0.717, 1.165) is 36.0 Å². The molecule has 6 unspecified atom stereocenters. The third kappa shape index (κ3) is 4.07. The molecule has 0 spiro atoms. The number of fused-ring (bicyclic) bond motifs is 2. The average Bonchev–Trinajstić information content (AvgIpc) is 3.11. The van der Waals surface area contributed by atoms with Crippen LogP contribution in [0.3, 0.4) is 0 Å². The van der Waals surface area contributed by atoms with Gasteiger partial charge < -0.3 is 5.73 Å². The lowest BCUT2D eigenvalue weighted by atomic mass is 9.53. The molecular weight excluding hydrogens is 338 g/mol. The smallest absolute Gasteiger partial charge is 0.00981 e. The van der Waals surface area contributed by atoms with E-state index >= 15 is 0 Å². The number of hydrogen-bond donors (Lipinski definition) is 1. The second-order valence-electron chi connectivity index (χ2n) is 13.0. The molecule has 2 aliphatic rings. The summed E-state index contributed by atoms with van der Waals surface area (Å²) in [5.74, 6) is 3.84. The fourth-order valence-electron chi connectivity index (χ4n) is 6.98. The first kappa shape index (κ1) is 21.9. The maximum Gasteiger partial charge on any atom is 0.00981 e. The van der Waals surface area contributed by atoms with Gasteiger partial charge in [0.1, 0.15) is 0 Å². The Balaban J connectivity index is 1.91. The Morgan fingerprint density at radius 2 is 1.46 bits per heavy atom. The highest BCUT2D eigenvalue weighted by molar-refractivity contribution is 5.28. The molecule has 1 heteroatoms. The molecule has 0 radical (unpaired) electrons. The van der Waals surface area contributed by atoms with Crippen LogP contribution >= 0.6 is 0 Å². The Labute approximate surface area is 174 Å². The van der Waals surface area contributed by atoms with Gasteiger partial charge in [0.25, 0.3) is 0 Å². The molecule has 1 aromatic carbocycles. The fraction of sp³-hybridized carbons (Fsp3) is 0.778. The monoisotopic (exact) mass is 383 g/mol. The predicted molar refractivity (Wildman–Crippen MR) is 122 cm³/mol. The van der Waals surface area contributed by atoms with Crippen LogP contribution in [0.1, 0.15) is 91.7 Å². The number of hydrogen-bond acceptors (Lipinski definition) is 1. The number of aryl methyl sites for hydroxylation is 1. The number of rotatable bonds is 4. The lowest BCUT2D eigenvalue weighted by Gasteiger charge is -2.52. The van der Waals surface area contributed by atoms with Crippen LogP contribution in [0.25, 0.3) is 0 Å². The van der Waals surface area contributed by atoms with Crippen LogP contribution in [0.5, 0.6) is 0 Å². The Morgan fingerprint density at radius 3 is 1.96 bits per heavy atom. The standard InChI is InChI=1S/C27H45N/c1-17-10-12-18(13-11-17)20-14-19-15-21(20)24(26(5,6)7)23(19)27(8,9)22(28)16-25(2,3)4/h10-13,19-24H,14-16,28H2,1-9H3. The third-order valence-electron chi connectivity index (χ3n) is 8.16. The van der Waals surface area contributed by atoms with Crippen molar-refractivity contribution in [2.24, 2.45) is 45.7 Å². The van der Waals surface area contributed by atoms with E-state index in [9.17, 15) is 0 Å². The highest BCUT2D eigenvalue weighted by Crippen LogP contribution is 2.67. The first-order chi connectivity index (χ1) is 12.7. The van der Waals surface area contributed by atoms with Crippen molar-refractivity contribution in [3.05, 3.63) is 35.4 Å². The van der Waals surface area contributed by atoms with Crippen LogP contribution in [0.15, 0.2) is 24.3 Å². The lowest BCUT2D eigenvalue weighted by Crippen LogP contribution is -2.51. The van der Waals surface area contributed by atoms with E-state index in [4.69, 9.17) is 5.73 Å². The van der Waals surface area contributed by atoms with Crippen LogP contribution in [0.4, 0.5) is 0 Å². The minimum Gasteiger partial charge on any atom is -0.327 e. The zero-order valence-electron chi connectivity index (χ0n) is 20.0. The van der Waals surface area contributed by atoms with Gasteiger partial charge in [-0.05, 0) is 77.6 Å². The Bertz CT molecular complexity index is 670. The van der Waals surface area contributed by atoms with E-state index in [1.165, 1.54) is 18.4 Å². The van der Waals surface area contributed by atoms with Gasteiger partial charge in [-0.25, -0.2) is 0 Å². The van der Waals surface area contributed by atoms with E-state index in [1.807, 2.05) is 0 Å².